The van der Waals surface area contributed by atoms with E-state index in [1.807, 2.05) is 55.5 Å². The smallest absolute Gasteiger partial charge is 0.230 e. The number of ether oxygens (including phenoxy) is 2. The fraction of sp³-hybridized carbons (Fsp3) is 0.278. The largest absolute Gasteiger partial charge is 0.494 e. The van der Waals surface area contributed by atoms with Crippen LogP contribution in [0.3, 0.4) is 0 Å². The van der Waals surface area contributed by atoms with E-state index >= 15 is 0 Å². The van der Waals surface area contributed by atoms with Gasteiger partial charge in [-0.3, -0.25) is 4.79 Å². The number of hydrogen-bond acceptors (Lipinski definition) is 4. The van der Waals surface area contributed by atoms with E-state index < -0.39 is 0 Å². The first-order chi connectivity index (χ1) is 11.7. The molecule has 0 aliphatic rings. The summed E-state index contributed by atoms with van der Waals surface area (Å²) in [6, 6.07) is 15.3. The van der Waals surface area contributed by atoms with Crippen molar-refractivity contribution in [2.75, 3.05) is 25.5 Å². The van der Waals surface area contributed by atoms with Gasteiger partial charge >= 0.3 is 0 Å². The molecule has 0 aromatic heterocycles. The van der Waals surface area contributed by atoms with E-state index in [1.165, 1.54) is 11.8 Å². The summed E-state index contributed by atoms with van der Waals surface area (Å²) in [5.41, 5.74) is 0. The van der Waals surface area contributed by atoms with E-state index in [4.69, 9.17) is 9.47 Å². The number of benzene rings is 2. The van der Waals surface area contributed by atoms with E-state index in [0.29, 0.717) is 25.5 Å². The Morgan fingerprint density at radius 2 is 1.75 bits per heavy atom. The van der Waals surface area contributed by atoms with Crippen LogP contribution >= 0.6 is 27.7 Å². The summed E-state index contributed by atoms with van der Waals surface area (Å²) in [6.07, 6.45) is 0. The minimum absolute atomic E-state index is 0.00829. The Morgan fingerprint density at radius 3 is 2.42 bits per heavy atom. The summed E-state index contributed by atoms with van der Waals surface area (Å²) >= 11 is 4.97. The van der Waals surface area contributed by atoms with Crippen LogP contribution in [0.2, 0.25) is 0 Å². The van der Waals surface area contributed by atoms with E-state index in [1.54, 1.807) is 0 Å². The molecule has 2 aromatic carbocycles. The second-order valence-electron chi connectivity index (χ2n) is 4.82. The van der Waals surface area contributed by atoms with Gasteiger partial charge in [-0.25, -0.2) is 0 Å². The number of amides is 1. The number of thioether (sulfide) groups is 1. The first kappa shape index (κ1) is 18.7. The molecule has 0 saturated heterocycles. The van der Waals surface area contributed by atoms with Gasteiger partial charge in [-0.15, -0.1) is 11.8 Å². The fourth-order valence-electron chi connectivity index (χ4n) is 1.91. The summed E-state index contributed by atoms with van der Waals surface area (Å²) in [7, 11) is 0. The van der Waals surface area contributed by atoms with Gasteiger partial charge in [0, 0.05) is 9.37 Å². The van der Waals surface area contributed by atoms with Crippen molar-refractivity contribution in [3.05, 3.63) is 53.0 Å². The average Bonchev–Trinajstić information content (AvgIpc) is 2.60. The van der Waals surface area contributed by atoms with Crippen LogP contribution in [-0.4, -0.2) is 31.4 Å². The van der Waals surface area contributed by atoms with Crippen LogP contribution in [0.4, 0.5) is 0 Å². The van der Waals surface area contributed by atoms with Gasteiger partial charge in [0.15, 0.2) is 0 Å². The molecule has 1 N–H and O–H groups in total. The monoisotopic (exact) mass is 409 g/mol. The van der Waals surface area contributed by atoms with Crippen molar-refractivity contribution >= 4 is 33.6 Å². The molecule has 0 aliphatic heterocycles. The van der Waals surface area contributed by atoms with Gasteiger partial charge in [0.05, 0.1) is 18.9 Å². The summed E-state index contributed by atoms with van der Waals surface area (Å²) in [5, 5.41) is 2.85. The molecule has 0 saturated carbocycles. The zero-order valence-electron chi connectivity index (χ0n) is 13.5. The molecule has 2 rings (SSSR count). The second kappa shape index (κ2) is 10.3. The molecule has 0 spiro atoms. The van der Waals surface area contributed by atoms with Crippen LogP contribution < -0.4 is 14.8 Å². The number of carbonyl (C=O) groups excluding carboxylic acids is 1. The molecule has 128 valence electrons. The Morgan fingerprint density at radius 1 is 1.08 bits per heavy atom. The lowest BCUT2D eigenvalue weighted by Crippen LogP contribution is -2.29. The Bertz CT molecular complexity index is 649. The van der Waals surface area contributed by atoms with Gasteiger partial charge in [-0.05, 0) is 59.3 Å². The molecule has 0 heterocycles. The highest BCUT2D eigenvalue weighted by Crippen LogP contribution is 2.26. The maximum absolute atomic E-state index is 11.8. The van der Waals surface area contributed by atoms with Gasteiger partial charge in [0.1, 0.15) is 18.1 Å². The van der Waals surface area contributed by atoms with E-state index in [0.717, 1.165) is 20.9 Å². The van der Waals surface area contributed by atoms with Gasteiger partial charge in [0.25, 0.3) is 0 Å². The lowest BCUT2D eigenvalue weighted by atomic mass is 10.3. The lowest BCUT2D eigenvalue weighted by molar-refractivity contribution is -0.118. The molecule has 4 nitrogen and oxygen atoms in total. The predicted molar refractivity (Wildman–Crippen MR) is 101 cm³/mol. The van der Waals surface area contributed by atoms with Gasteiger partial charge in [-0.1, -0.05) is 12.1 Å². The number of hydrogen-bond donors (Lipinski definition) is 1. The Hall–Kier alpha value is -1.66. The van der Waals surface area contributed by atoms with Gasteiger partial charge in [-0.2, -0.15) is 0 Å². The number of nitrogens with one attached hydrogen (secondary N) is 1. The number of rotatable bonds is 9. The molecule has 0 radical (unpaired) electrons. The summed E-state index contributed by atoms with van der Waals surface area (Å²) in [6.45, 7) is 3.49. The molecule has 1 amide bonds. The lowest BCUT2D eigenvalue weighted by Gasteiger charge is -2.09. The second-order valence-corrected chi connectivity index (χ2v) is 6.69. The van der Waals surface area contributed by atoms with Gasteiger partial charge < -0.3 is 14.8 Å². The van der Waals surface area contributed by atoms with E-state index in [-0.39, 0.29) is 5.91 Å². The molecular weight excluding hydrogens is 390 g/mol. The number of halogens is 1. The SMILES string of the molecule is CCOc1ccc(OCCNC(=O)CSc2ccccc2Br)cc1. The maximum Gasteiger partial charge on any atom is 0.230 e. The molecular formula is C18H20BrNO3S. The van der Waals surface area contributed by atoms with Crippen molar-refractivity contribution in [2.24, 2.45) is 0 Å². The average molecular weight is 410 g/mol. The highest BCUT2D eigenvalue weighted by Gasteiger charge is 2.05. The minimum Gasteiger partial charge on any atom is -0.494 e. The van der Waals surface area contributed by atoms with Crippen molar-refractivity contribution in [1.29, 1.82) is 0 Å². The van der Waals surface area contributed by atoms with Crippen LogP contribution in [0, 0.1) is 0 Å². The minimum atomic E-state index is -0.00829. The number of carbonyl (C=O) groups is 1. The quantitative estimate of drug-likeness (QED) is 0.499. The zero-order chi connectivity index (χ0) is 17.2. The third kappa shape index (κ3) is 6.45. The third-order valence-corrected chi connectivity index (χ3v) is 5.05. The molecule has 6 heteroatoms. The van der Waals surface area contributed by atoms with Crippen LogP contribution in [0.5, 0.6) is 11.5 Å². The van der Waals surface area contributed by atoms with Crippen molar-refractivity contribution < 1.29 is 14.3 Å². The predicted octanol–water partition coefficient (Wildman–Crippen LogP) is 4.14. The third-order valence-electron chi connectivity index (χ3n) is 3.02. The van der Waals surface area contributed by atoms with Crippen molar-refractivity contribution in [2.45, 2.75) is 11.8 Å². The summed E-state index contributed by atoms with van der Waals surface area (Å²) in [5.74, 6) is 1.95. The normalized spacial score (nSPS) is 10.2. The van der Waals surface area contributed by atoms with E-state index in [9.17, 15) is 4.79 Å². The molecule has 0 fully saturated rings. The molecule has 0 atom stereocenters. The van der Waals surface area contributed by atoms with Crippen LogP contribution in [-0.2, 0) is 4.79 Å². The zero-order valence-corrected chi connectivity index (χ0v) is 15.9. The van der Waals surface area contributed by atoms with Crippen LogP contribution in [0.25, 0.3) is 0 Å². The maximum atomic E-state index is 11.8. The first-order valence-corrected chi connectivity index (χ1v) is 9.46. The topological polar surface area (TPSA) is 47.6 Å². The van der Waals surface area contributed by atoms with Crippen molar-refractivity contribution in [1.82, 2.24) is 5.32 Å². The Balaban J connectivity index is 1.63. The van der Waals surface area contributed by atoms with E-state index in [2.05, 4.69) is 21.2 Å². The van der Waals surface area contributed by atoms with Crippen LogP contribution in [0.15, 0.2) is 57.9 Å². The Labute approximate surface area is 155 Å². The van der Waals surface area contributed by atoms with Gasteiger partial charge in [0.2, 0.25) is 5.91 Å². The highest BCUT2D eigenvalue weighted by atomic mass is 79.9. The fourth-order valence-corrected chi connectivity index (χ4v) is 3.31. The summed E-state index contributed by atoms with van der Waals surface area (Å²) < 4.78 is 12.0. The van der Waals surface area contributed by atoms with Crippen LogP contribution in [0.1, 0.15) is 6.92 Å². The Kier molecular flexibility index (Phi) is 7.98. The molecule has 2 aromatic rings. The summed E-state index contributed by atoms with van der Waals surface area (Å²) in [4.78, 5) is 12.9. The molecule has 24 heavy (non-hydrogen) atoms. The highest BCUT2D eigenvalue weighted by molar-refractivity contribution is 9.10. The van der Waals surface area contributed by atoms with Crippen molar-refractivity contribution in [3.63, 3.8) is 0 Å². The molecule has 0 unspecified atom stereocenters. The molecule has 0 bridgehead atoms. The molecule has 0 aliphatic carbocycles. The standard InChI is InChI=1S/C18H20BrNO3S/c1-2-22-14-7-9-15(10-8-14)23-12-11-20-18(21)13-24-17-6-4-3-5-16(17)19/h3-10H,2,11-13H2,1H3,(H,20,21). The van der Waals surface area contributed by atoms with Crippen molar-refractivity contribution in [3.8, 4) is 11.5 Å². The first-order valence-electron chi connectivity index (χ1n) is 7.68.